The summed E-state index contributed by atoms with van der Waals surface area (Å²) in [6.45, 7) is 6.85. The van der Waals surface area contributed by atoms with Gasteiger partial charge in [0, 0.05) is 18.4 Å². The van der Waals surface area contributed by atoms with E-state index in [0.29, 0.717) is 18.7 Å². The number of nitrogens with one attached hydrogen (secondary N) is 1. The van der Waals surface area contributed by atoms with E-state index in [-0.39, 0.29) is 6.17 Å². The number of aliphatic imine (C=N–C) groups is 1. The lowest BCUT2D eigenvalue weighted by Gasteiger charge is -2.18. The van der Waals surface area contributed by atoms with Crippen LogP contribution in [0.1, 0.15) is 21.0 Å². The molecule has 0 fully saturated rings. The molecule has 0 amide bonds. The van der Waals surface area contributed by atoms with Gasteiger partial charge in [-0.05, 0) is 24.6 Å². The van der Waals surface area contributed by atoms with Crippen LogP contribution in [-0.4, -0.2) is 28.9 Å². The van der Waals surface area contributed by atoms with Gasteiger partial charge in [-0.2, -0.15) is 13.2 Å². The average molecular weight is 366 g/mol. The molecular weight excluding hydrogens is 349 g/mol. The molecule has 0 saturated heterocycles. The molecule has 2 heterocycles. The lowest BCUT2D eigenvalue weighted by atomic mass is 10.1. The molecule has 4 nitrogen and oxygen atoms in total. The Bertz CT molecular complexity index is 797. The summed E-state index contributed by atoms with van der Waals surface area (Å²) in [5.41, 5.74) is 0.706. The molecule has 132 valence electrons. The first-order chi connectivity index (χ1) is 11.8. The Kier molecular flexibility index (Phi) is 4.80. The quantitative estimate of drug-likeness (QED) is 0.873. The Hall–Kier alpha value is -2.35. The second kappa shape index (κ2) is 6.87. The van der Waals surface area contributed by atoms with Crippen molar-refractivity contribution < 1.29 is 13.2 Å². The molecule has 1 aliphatic rings. The fourth-order valence-corrected chi connectivity index (χ4v) is 3.24. The standard InChI is InChI=1S/C17H17F3N4S/c1-11(15-7-21-12(2)25-15)23-16-9-24(10-22-16)8-13-4-3-5-14(6-13)17(18,19)20/h3-7,10,16,23H,1,8-9H2,2H3. The molecule has 0 spiro atoms. The molecule has 0 aliphatic carbocycles. The number of hydrogen-bond donors (Lipinski definition) is 1. The number of rotatable bonds is 5. The van der Waals surface area contributed by atoms with E-state index in [1.165, 1.54) is 12.1 Å². The van der Waals surface area contributed by atoms with Crippen molar-refractivity contribution in [3.63, 3.8) is 0 Å². The monoisotopic (exact) mass is 366 g/mol. The first-order valence-corrected chi connectivity index (χ1v) is 8.44. The Morgan fingerprint density at radius 3 is 2.92 bits per heavy atom. The molecule has 0 radical (unpaired) electrons. The van der Waals surface area contributed by atoms with Gasteiger partial charge >= 0.3 is 6.18 Å². The summed E-state index contributed by atoms with van der Waals surface area (Å²) >= 11 is 1.54. The van der Waals surface area contributed by atoms with Crippen LogP contribution >= 0.6 is 11.3 Å². The van der Waals surface area contributed by atoms with Gasteiger partial charge in [-0.15, -0.1) is 11.3 Å². The van der Waals surface area contributed by atoms with Crippen molar-refractivity contribution >= 4 is 23.4 Å². The molecule has 0 saturated carbocycles. The SMILES string of the molecule is C=C(NC1CN(Cc2cccc(C(F)(F)F)c2)C=N1)c1cnc(C)s1. The second-order valence-electron chi connectivity index (χ2n) is 5.77. The van der Waals surface area contributed by atoms with Crippen molar-refractivity contribution in [2.24, 2.45) is 4.99 Å². The molecule has 3 rings (SSSR count). The van der Waals surface area contributed by atoms with Crippen LogP contribution in [0, 0.1) is 6.92 Å². The zero-order valence-corrected chi connectivity index (χ0v) is 14.4. The molecule has 1 unspecified atom stereocenters. The van der Waals surface area contributed by atoms with Gasteiger partial charge in [0.15, 0.2) is 0 Å². The molecule has 2 aromatic rings. The van der Waals surface area contributed by atoms with E-state index in [0.717, 1.165) is 21.6 Å². The molecule has 1 aliphatic heterocycles. The number of halogens is 3. The zero-order valence-electron chi connectivity index (χ0n) is 13.5. The largest absolute Gasteiger partial charge is 0.416 e. The van der Waals surface area contributed by atoms with Gasteiger partial charge in [0.25, 0.3) is 0 Å². The van der Waals surface area contributed by atoms with Crippen LogP contribution in [0.4, 0.5) is 13.2 Å². The van der Waals surface area contributed by atoms with Crippen LogP contribution in [0.2, 0.25) is 0 Å². The van der Waals surface area contributed by atoms with Crippen LogP contribution in [0.5, 0.6) is 0 Å². The van der Waals surface area contributed by atoms with Crippen molar-refractivity contribution in [3.8, 4) is 0 Å². The maximum absolute atomic E-state index is 12.8. The van der Waals surface area contributed by atoms with E-state index in [9.17, 15) is 13.2 Å². The van der Waals surface area contributed by atoms with Crippen LogP contribution in [0.25, 0.3) is 5.70 Å². The van der Waals surface area contributed by atoms with Gasteiger partial charge in [0.2, 0.25) is 0 Å². The van der Waals surface area contributed by atoms with Crippen LogP contribution < -0.4 is 5.32 Å². The molecular formula is C17H17F3N4S. The molecule has 0 bridgehead atoms. The molecule has 8 heteroatoms. The normalized spacial score (nSPS) is 17.1. The Labute approximate surface area is 147 Å². The minimum absolute atomic E-state index is 0.180. The summed E-state index contributed by atoms with van der Waals surface area (Å²) in [4.78, 5) is 11.4. The highest BCUT2D eigenvalue weighted by atomic mass is 32.1. The first kappa shape index (κ1) is 17.5. The number of aryl methyl sites for hydroxylation is 1. The predicted molar refractivity (Wildman–Crippen MR) is 93.2 cm³/mol. The highest BCUT2D eigenvalue weighted by Gasteiger charge is 2.30. The summed E-state index contributed by atoms with van der Waals surface area (Å²) in [6.07, 6.45) is -1.10. The lowest BCUT2D eigenvalue weighted by Crippen LogP contribution is -2.32. The van der Waals surface area contributed by atoms with Crippen molar-refractivity contribution in [2.75, 3.05) is 6.54 Å². The average Bonchev–Trinajstić information content (AvgIpc) is 3.16. The molecule has 1 aromatic heterocycles. The Balaban J connectivity index is 1.57. The third kappa shape index (κ3) is 4.39. The molecule has 1 N–H and O–H groups in total. The Morgan fingerprint density at radius 2 is 2.24 bits per heavy atom. The number of thiazole rings is 1. The molecule has 1 aromatic carbocycles. The Morgan fingerprint density at radius 1 is 1.44 bits per heavy atom. The smallest absolute Gasteiger partial charge is 0.362 e. The van der Waals surface area contributed by atoms with Gasteiger partial charge in [-0.1, -0.05) is 18.7 Å². The van der Waals surface area contributed by atoms with Crippen LogP contribution in [0.15, 0.2) is 42.0 Å². The fraction of sp³-hybridized carbons (Fsp3) is 0.294. The van der Waals surface area contributed by atoms with Gasteiger partial charge in [0.05, 0.1) is 28.3 Å². The molecule has 1 atom stereocenters. The summed E-state index contributed by atoms with van der Waals surface area (Å²) in [7, 11) is 0. The summed E-state index contributed by atoms with van der Waals surface area (Å²) < 4.78 is 38.4. The van der Waals surface area contributed by atoms with Gasteiger partial charge < -0.3 is 10.2 Å². The minimum atomic E-state index is -4.33. The highest BCUT2D eigenvalue weighted by molar-refractivity contribution is 7.12. The third-order valence-corrected chi connectivity index (χ3v) is 4.69. The minimum Gasteiger partial charge on any atom is -0.362 e. The zero-order chi connectivity index (χ0) is 18.0. The lowest BCUT2D eigenvalue weighted by molar-refractivity contribution is -0.137. The summed E-state index contributed by atoms with van der Waals surface area (Å²) in [5, 5.41) is 4.17. The van der Waals surface area contributed by atoms with E-state index in [4.69, 9.17) is 0 Å². The third-order valence-electron chi connectivity index (χ3n) is 3.72. The number of nitrogens with zero attached hydrogens (tertiary/aromatic N) is 3. The van der Waals surface area contributed by atoms with E-state index in [1.807, 2.05) is 11.8 Å². The van der Waals surface area contributed by atoms with Crippen LogP contribution in [-0.2, 0) is 12.7 Å². The highest BCUT2D eigenvalue weighted by Crippen LogP contribution is 2.29. The maximum atomic E-state index is 12.8. The van der Waals surface area contributed by atoms with E-state index < -0.39 is 11.7 Å². The van der Waals surface area contributed by atoms with Crippen LogP contribution in [0.3, 0.4) is 0 Å². The summed E-state index contributed by atoms with van der Waals surface area (Å²) in [5.74, 6) is 0. The maximum Gasteiger partial charge on any atom is 0.416 e. The number of alkyl halides is 3. The van der Waals surface area contributed by atoms with Gasteiger partial charge in [-0.25, -0.2) is 9.98 Å². The van der Waals surface area contributed by atoms with Crippen molar-refractivity contribution in [2.45, 2.75) is 25.8 Å². The van der Waals surface area contributed by atoms with E-state index >= 15 is 0 Å². The van der Waals surface area contributed by atoms with E-state index in [1.54, 1.807) is 29.9 Å². The van der Waals surface area contributed by atoms with E-state index in [2.05, 4.69) is 21.9 Å². The summed E-state index contributed by atoms with van der Waals surface area (Å²) in [6, 6.07) is 5.36. The first-order valence-electron chi connectivity index (χ1n) is 7.63. The fourth-order valence-electron chi connectivity index (χ4n) is 2.53. The topological polar surface area (TPSA) is 40.5 Å². The predicted octanol–water partition coefficient (Wildman–Crippen LogP) is 3.90. The molecule has 25 heavy (non-hydrogen) atoms. The number of benzene rings is 1. The number of hydrogen-bond acceptors (Lipinski definition) is 5. The number of aromatic nitrogens is 1. The second-order valence-corrected chi connectivity index (χ2v) is 7.01. The van der Waals surface area contributed by atoms with Crippen molar-refractivity contribution in [3.05, 3.63) is 58.1 Å². The van der Waals surface area contributed by atoms with Crippen molar-refractivity contribution in [1.82, 2.24) is 15.2 Å². The van der Waals surface area contributed by atoms with Crippen molar-refractivity contribution in [1.29, 1.82) is 0 Å². The van der Waals surface area contributed by atoms with Gasteiger partial charge in [-0.3, -0.25) is 0 Å². The van der Waals surface area contributed by atoms with Gasteiger partial charge in [0.1, 0.15) is 6.17 Å².